The highest BCUT2D eigenvalue weighted by Gasteiger charge is 2.23. The summed E-state index contributed by atoms with van der Waals surface area (Å²) in [6, 6.07) is 9.61. The Labute approximate surface area is 115 Å². The van der Waals surface area contributed by atoms with E-state index < -0.39 is 11.9 Å². The van der Waals surface area contributed by atoms with Gasteiger partial charge in [-0.25, -0.2) is 4.39 Å². The van der Waals surface area contributed by atoms with Crippen molar-refractivity contribution >= 4 is 11.6 Å². The summed E-state index contributed by atoms with van der Waals surface area (Å²) in [5.41, 5.74) is 6.80. The fourth-order valence-electron chi connectivity index (χ4n) is 1.94. The first-order valence-electron chi connectivity index (χ1n) is 5.87. The molecule has 0 aliphatic carbocycles. The molecule has 100 valence electrons. The molecule has 2 rings (SSSR count). The summed E-state index contributed by atoms with van der Waals surface area (Å²) in [4.78, 5) is 4.18. The number of aliphatic hydroxyl groups excluding tert-OH is 1. The first kappa shape index (κ1) is 13.9. The lowest BCUT2D eigenvalue weighted by molar-refractivity contribution is 0.145. The molecule has 0 radical (unpaired) electrons. The number of rotatable bonds is 4. The Morgan fingerprint density at radius 1 is 1.32 bits per heavy atom. The van der Waals surface area contributed by atoms with Gasteiger partial charge >= 0.3 is 0 Å². The first-order valence-corrected chi connectivity index (χ1v) is 6.25. The topological polar surface area (TPSA) is 59.1 Å². The standard InChI is InChI=1S/C14H14ClFN2O/c15-11-5-4-9(7-12(11)16)14(19)10(8-17)13-3-1-2-6-18-13/h1-7,10,14,19H,8,17H2. The molecule has 0 aliphatic rings. The molecule has 0 saturated heterocycles. The summed E-state index contributed by atoms with van der Waals surface area (Å²) in [5, 5.41) is 10.3. The Kier molecular flexibility index (Phi) is 4.47. The maximum atomic E-state index is 13.4. The van der Waals surface area contributed by atoms with Gasteiger partial charge in [-0.3, -0.25) is 4.98 Å². The summed E-state index contributed by atoms with van der Waals surface area (Å²) in [7, 11) is 0. The summed E-state index contributed by atoms with van der Waals surface area (Å²) >= 11 is 5.62. The molecule has 1 heterocycles. The van der Waals surface area contributed by atoms with Crippen LogP contribution in [0.15, 0.2) is 42.6 Å². The number of halogens is 2. The van der Waals surface area contributed by atoms with Crippen molar-refractivity contribution < 1.29 is 9.50 Å². The lowest BCUT2D eigenvalue weighted by Gasteiger charge is -2.21. The van der Waals surface area contributed by atoms with Crippen molar-refractivity contribution in [3.63, 3.8) is 0 Å². The molecule has 2 atom stereocenters. The predicted octanol–water partition coefficient (Wildman–Crippen LogP) is 2.65. The van der Waals surface area contributed by atoms with Crippen LogP contribution in [-0.2, 0) is 0 Å². The highest BCUT2D eigenvalue weighted by molar-refractivity contribution is 6.30. The molecule has 0 aliphatic heterocycles. The molecular weight excluding hydrogens is 267 g/mol. The SMILES string of the molecule is NCC(c1ccccn1)C(O)c1ccc(Cl)c(F)c1. The van der Waals surface area contributed by atoms with E-state index in [1.54, 1.807) is 24.4 Å². The summed E-state index contributed by atoms with van der Waals surface area (Å²) in [5.74, 6) is -0.947. The fraction of sp³-hybridized carbons (Fsp3) is 0.214. The van der Waals surface area contributed by atoms with Gasteiger partial charge in [-0.05, 0) is 29.8 Å². The lowest BCUT2D eigenvalue weighted by Crippen LogP contribution is -2.21. The van der Waals surface area contributed by atoms with Gasteiger partial charge in [0, 0.05) is 24.4 Å². The van der Waals surface area contributed by atoms with Crippen molar-refractivity contribution in [2.45, 2.75) is 12.0 Å². The fourth-order valence-corrected chi connectivity index (χ4v) is 2.05. The minimum Gasteiger partial charge on any atom is -0.388 e. The van der Waals surface area contributed by atoms with Gasteiger partial charge in [0.15, 0.2) is 0 Å². The van der Waals surface area contributed by atoms with E-state index in [4.69, 9.17) is 17.3 Å². The van der Waals surface area contributed by atoms with Crippen LogP contribution in [0.5, 0.6) is 0 Å². The van der Waals surface area contributed by atoms with E-state index in [0.29, 0.717) is 11.3 Å². The average Bonchev–Trinajstić information content (AvgIpc) is 2.44. The van der Waals surface area contributed by atoms with Crippen molar-refractivity contribution in [3.05, 3.63) is 64.7 Å². The molecule has 0 amide bonds. The van der Waals surface area contributed by atoms with Crippen LogP contribution < -0.4 is 5.73 Å². The van der Waals surface area contributed by atoms with Gasteiger partial charge < -0.3 is 10.8 Å². The van der Waals surface area contributed by atoms with Gasteiger partial charge in [-0.15, -0.1) is 0 Å². The molecule has 2 aromatic rings. The summed E-state index contributed by atoms with van der Waals surface area (Å²) in [6.07, 6.45) is 0.708. The number of aliphatic hydroxyl groups is 1. The normalized spacial score (nSPS) is 14.1. The van der Waals surface area contributed by atoms with E-state index >= 15 is 0 Å². The zero-order chi connectivity index (χ0) is 13.8. The van der Waals surface area contributed by atoms with Crippen molar-refractivity contribution in [3.8, 4) is 0 Å². The second kappa shape index (κ2) is 6.10. The maximum absolute atomic E-state index is 13.4. The quantitative estimate of drug-likeness (QED) is 0.905. The van der Waals surface area contributed by atoms with Crippen LogP contribution >= 0.6 is 11.6 Å². The molecule has 2 unspecified atom stereocenters. The number of pyridine rings is 1. The Morgan fingerprint density at radius 3 is 2.68 bits per heavy atom. The van der Waals surface area contributed by atoms with Gasteiger partial charge in [-0.1, -0.05) is 23.7 Å². The Balaban J connectivity index is 2.30. The van der Waals surface area contributed by atoms with Crippen LogP contribution in [0.2, 0.25) is 5.02 Å². The third-order valence-corrected chi connectivity index (χ3v) is 3.29. The van der Waals surface area contributed by atoms with Crippen molar-refractivity contribution in [2.24, 2.45) is 5.73 Å². The third-order valence-electron chi connectivity index (χ3n) is 2.99. The minimum absolute atomic E-state index is 0.0260. The van der Waals surface area contributed by atoms with E-state index in [2.05, 4.69) is 4.98 Å². The Morgan fingerprint density at radius 2 is 2.11 bits per heavy atom. The third kappa shape index (κ3) is 3.10. The van der Waals surface area contributed by atoms with Crippen molar-refractivity contribution in [2.75, 3.05) is 6.54 Å². The number of hydrogen-bond donors (Lipinski definition) is 2. The highest BCUT2D eigenvalue weighted by atomic mass is 35.5. The maximum Gasteiger partial charge on any atom is 0.142 e. The van der Waals surface area contributed by atoms with Gasteiger partial charge in [0.05, 0.1) is 11.1 Å². The molecule has 3 N–H and O–H groups in total. The van der Waals surface area contributed by atoms with Gasteiger partial charge in [0.1, 0.15) is 5.82 Å². The molecule has 0 spiro atoms. The monoisotopic (exact) mass is 280 g/mol. The molecule has 0 bridgehead atoms. The number of nitrogens with zero attached hydrogens (tertiary/aromatic N) is 1. The van der Waals surface area contributed by atoms with Crippen LogP contribution in [0, 0.1) is 5.82 Å². The lowest BCUT2D eigenvalue weighted by atomic mass is 9.92. The van der Waals surface area contributed by atoms with Crippen LogP contribution in [0.1, 0.15) is 23.3 Å². The van der Waals surface area contributed by atoms with E-state index in [-0.39, 0.29) is 17.5 Å². The molecule has 1 aromatic heterocycles. The number of aromatic nitrogens is 1. The van der Waals surface area contributed by atoms with Crippen LogP contribution in [0.3, 0.4) is 0 Å². The largest absolute Gasteiger partial charge is 0.388 e. The summed E-state index contributed by atoms with van der Waals surface area (Å²) in [6.45, 7) is 0.211. The van der Waals surface area contributed by atoms with E-state index in [0.717, 1.165) is 0 Å². The minimum atomic E-state index is -0.924. The second-order valence-electron chi connectivity index (χ2n) is 4.22. The number of benzene rings is 1. The van der Waals surface area contributed by atoms with Crippen LogP contribution in [-0.4, -0.2) is 16.6 Å². The zero-order valence-corrected chi connectivity index (χ0v) is 10.9. The zero-order valence-electron chi connectivity index (χ0n) is 10.1. The number of hydrogen-bond acceptors (Lipinski definition) is 3. The molecule has 0 fully saturated rings. The molecule has 1 aromatic carbocycles. The smallest absolute Gasteiger partial charge is 0.142 e. The van der Waals surface area contributed by atoms with E-state index in [1.807, 2.05) is 6.07 Å². The molecule has 0 saturated carbocycles. The Bertz CT molecular complexity index is 550. The first-order chi connectivity index (χ1) is 9.13. The van der Waals surface area contributed by atoms with Crippen molar-refractivity contribution in [1.82, 2.24) is 4.98 Å². The van der Waals surface area contributed by atoms with Crippen molar-refractivity contribution in [1.29, 1.82) is 0 Å². The molecule has 3 nitrogen and oxygen atoms in total. The summed E-state index contributed by atoms with van der Waals surface area (Å²) < 4.78 is 13.4. The second-order valence-corrected chi connectivity index (χ2v) is 4.62. The predicted molar refractivity (Wildman–Crippen MR) is 72.4 cm³/mol. The van der Waals surface area contributed by atoms with Gasteiger partial charge in [0.25, 0.3) is 0 Å². The van der Waals surface area contributed by atoms with E-state index in [1.165, 1.54) is 12.1 Å². The molecular formula is C14H14ClFN2O. The van der Waals surface area contributed by atoms with Gasteiger partial charge in [0.2, 0.25) is 0 Å². The van der Waals surface area contributed by atoms with Crippen LogP contribution in [0.25, 0.3) is 0 Å². The molecule has 5 heteroatoms. The highest BCUT2D eigenvalue weighted by Crippen LogP contribution is 2.30. The number of nitrogens with two attached hydrogens (primary N) is 1. The molecule has 19 heavy (non-hydrogen) atoms. The van der Waals surface area contributed by atoms with Crippen LogP contribution in [0.4, 0.5) is 4.39 Å². The van der Waals surface area contributed by atoms with E-state index in [9.17, 15) is 9.50 Å². The Hall–Kier alpha value is -1.49. The average molecular weight is 281 g/mol. The van der Waals surface area contributed by atoms with Gasteiger partial charge in [-0.2, -0.15) is 0 Å².